The molecule has 0 aromatic carbocycles. The molecule has 0 amide bonds. The molecule has 0 unspecified atom stereocenters. The SMILES string of the molecule is [c]1ncccccco1. The zero-order chi connectivity index (χ0) is 6.36. The zero-order valence-electron chi connectivity index (χ0n) is 4.82. The van der Waals surface area contributed by atoms with Gasteiger partial charge in [-0.25, -0.2) is 4.98 Å². The third-order valence-corrected chi connectivity index (χ3v) is 0.746. The van der Waals surface area contributed by atoms with E-state index in [1.54, 1.807) is 18.3 Å². The van der Waals surface area contributed by atoms with Crippen LogP contribution in [-0.4, -0.2) is 4.98 Å². The maximum absolute atomic E-state index is 4.65. The van der Waals surface area contributed by atoms with Gasteiger partial charge in [0.2, 0.25) is 0 Å². The van der Waals surface area contributed by atoms with Gasteiger partial charge in [0.15, 0.2) is 0 Å². The van der Waals surface area contributed by atoms with Gasteiger partial charge in [0.05, 0.1) is 6.26 Å². The molecule has 1 radical (unpaired) electrons. The Morgan fingerprint density at radius 2 is 2.00 bits per heavy atom. The van der Waals surface area contributed by atoms with Gasteiger partial charge in [-0.3, -0.25) is 0 Å². The second kappa shape index (κ2) is 3.66. The van der Waals surface area contributed by atoms with Crippen molar-refractivity contribution >= 4 is 0 Å². The van der Waals surface area contributed by atoms with E-state index in [2.05, 4.69) is 15.8 Å². The van der Waals surface area contributed by atoms with Crippen molar-refractivity contribution in [2.75, 3.05) is 0 Å². The molecule has 0 spiro atoms. The molecule has 0 aliphatic rings. The molecule has 0 atom stereocenters. The molecular formula is C7H6NO. The van der Waals surface area contributed by atoms with Crippen LogP contribution in [0, 0.1) is 6.39 Å². The Morgan fingerprint density at radius 1 is 1.11 bits per heavy atom. The van der Waals surface area contributed by atoms with E-state index in [0.717, 1.165) is 0 Å². The first-order chi connectivity index (χ1) is 4.50. The molecule has 9 heavy (non-hydrogen) atoms. The molecule has 0 aliphatic carbocycles. The van der Waals surface area contributed by atoms with Crippen LogP contribution in [0.4, 0.5) is 0 Å². The van der Waals surface area contributed by atoms with Crippen LogP contribution >= 0.6 is 0 Å². The summed E-state index contributed by atoms with van der Waals surface area (Å²) in [7, 11) is 0. The topological polar surface area (TPSA) is 26.0 Å². The summed E-state index contributed by atoms with van der Waals surface area (Å²) in [4.78, 5) is 3.64. The fourth-order valence-electron chi connectivity index (χ4n) is 0.397. The summed E-state index contributed by atoms with van der Waals surface area (Å²) >= 11 is 0. The number of rotatable bonds is 0. The highest BCUT2D eigenvalue weighted by atomic mass is 16.3. The number of aromatic nitrogens is 1. The minimum Gasteiger partial charge on any atom is -0.443 e. The van der Waals surface area contributed by atoms with E-state index in [1.165, 1.54) is 6.26 Å². The van der Waals surface area contributed by atoms with Gasteiger partial charge in [0.25, 0.3) is 6.39 Å². The van der Waals surface area contributed by atoms with Crippen molar-refractivity contribution in [2.45, 2.75) is 0 Å². The molecule has 45 valence electrons. The molecule has 0 bridgehead atoms. The van der Waals surface area contributed by atoms with Crippen molar-refractivity contribution in [1.29, 1.82) is 0 Å². The molecule has 2 heteroatoms. The van der Waals surface area contributed by atoms with Gasteiger partial charge in [-0.15, -0.1) is 0 Å². The van der Waals surface area contributed by atoms with Crippen LogP contribution in [0.3, 0.4) is 0 Å². The smallest absolute Gasteiger partial charge is 0.283 e. The molecule has 0 saturated heterocycles. The van der Waals surface area contributed by atoms with Gasteiger partial charge in [0.1, 0.15) is 0 Å². The van der Waals surface area contributed by atoms with Crippen LogP contribution in [-0.2, 0) is 0 Å². The number of hydrogen-bond acceptors (Lipinski definition) is 2. The average Bonchev–Trinajstić information content (AvgIpc) is 2.00. The Kier molecular flexibility index (Phi) is 2.37. The molecule has 1 rings (SSSR count). The van der Waals surface area contributed by atoms with E-state index in [1.807, 2.05) is 12.1 Å². The van der Waals surface area contributed by atoms with E-state index in [9.17, 15) is 0 Å². The minimum atomic E-state index is 1.51. The van der Waals surface area contributed by atoms with Crippen molar-refractivity contribution in [3.63, 3.8) is 0 Å². The van der Waals surface area contributed by atoms with E-state index >= 15 is 0 Å². The fourth-order valence-corrected chi connectivity index (χ4v) is 0.397. The Labute approximate surface area is 53.5 Å². The van der Waals surface area contributed by atoms with Gasteiger partial charge in [0, 0.05) is 6.20 Å². The summed E-state index contributed by atoms with van der Waals surface area (Å²) in [5.41, 5.74) is 0. The van der Waals surface area contributed by atoms with Crippen LogP contribution in [0.25, 0.3) is 0 Å². The maximum atomic E-state index is 4.65. The van der Waals surface area contributed by atoms with Gasteiger partial charge in [-0.2, -0.15) is 0 Å². The van der Waals surface area contributed by atoms with E-state index in [0.29, 0.717) is 0 Å². The number of hydrogen-bond donors (Lipinski definition) is 0. The molecular weight excluding hydrogens is 114 g/mol. The van der Waals surface area contributed by atoms with E-state index in [-0.39, 0.29) is 0 Å². The zero-order valence-corrected chi connectivity index (χ0v) is 4.82. The van der Waals surface area contributed by atoms with Crippen molar-refractivity contribution in [1.82, 2.24) is 4.98 Å². The minimum absolute atomic E-state index is 1.51. The van der Waals surface area contributed by atoms with Crippen molar-refractivity contribution in [3.05, 3.63) is 43.1 Å². The molecule has 1 heterocycles. The summed E-state index contributed by atoms with van der Waals surface area (Å²) in [5.74, 6) is 0. The summed E-state index contributed by atoms with van der Waals surface area (Å²) in [6, 6.07) is 7.26. The first-order valence-corrected chi connectivity index (χ1v) is 2.59. The lowest BCUT2D eigenvalue weighted by Gasteiger charge is -1.62. The molecule has 0 saturated carbocycles. The first-order valence-electron chi connectivity index (χ1n) is 2.59. The Balaban J connectivity index is 3.04. The quantitative estimate of drug-likeness (QED) is 0.519. The first kappa shape index (κ1) is 5.82. The largest absolute Gasteiger partial charge is 0.443 e. The van der Waals surface area contributed by atoms with Crippen LogP contribution in [0.1, 0.15) is 0 Å². The average molecular weight is 120 g/mol. The predicted octanol–water partition coefficient (Wildman–Crippen LogP) is 1.60. The third-order valence-electron chi connectivity index (χ3n) is 0.746. The Hall–Kier alpha value is -1.31. The molecule has 1 aromatic rings. The van der Waals surface area contributed by atoms with Crippen LogP contribution in [0.15, 0.2) is 41.1 Å². The summed E-state index contributed by atoms with van der Waals surface area (Å²) < 4.78 is 4.65. The highest BCUT2D eigenvalue weighted by Gasteiger charge is 1.60. The second-order valence-corrected chi connectivity index (χ2v) is 1.39. The maximum Gasteiger partial charge on any atom is 0.283 e. The second-order valence-electron chi connectivity index (χ2n) is 1.39. The van der Waals surface area contributed by atoms with Gasteiger partial charge >= 0.3 is 0 Å². The number of nitrogens with zero attached hydrogens (tertiary/aromatic N) is 1. The van der Waals surface area contributed by atoms with E-state index in [4.69, 9.17) is 0 Å². The van der Waals surface area contributed by atoms with Crippen molar-refractivity contribution in [2.24, 2.45) is 0 Å². The highest BCUT2D eigenvalue weighted by molar-refractivity contribution is 4.86. The molecule has 0 N–H and O–H groups in total. The molecule has 0 fully saturated rings. The predicted molar refractivity (Wildman–Crippen MR) is 33.0 cm³/mol. The fraction of sp³-hybridized carbons (Fsp3) is 0. The Bertz CT molecular complexity index is 131. The lowest BCUT2D eigenvalue weighted by Crippen LogP contribution is -1.53. The standard InChI is InChI=1S/C7H6NO/c1-2-4-6-9-7-8-5-3-1/h1-6H. The summed E-state index contributed by atoms with van der Waals surface area (Å²) in [6.45, 7) is 0. The van der Waals surface area contributed by atoms with Crippen LogP contribution < -0.4 is 0 Å². The van der Waals surface area contributed by atoms with Gasteiger partial charge < -0.3 is 4.42 Å². The van der Waals surface area contributed by atoms with Crippen molar-refractivity contribution in [3.8, 4) is 0 Å². The third kappa shape index (κ3) is 2.49. The van der Waals surface area contributed by atoms with E-state index < -0.39 is 0 Å². The van der Waals surface area contributed by atoms with Crippen molar-refractivity contribution < 1.29 is 4.42 Å². The lowest BCUT2D eigenvalue weighted by molar-refractivity contribution is 0.525. The lowest BCUT2D eigenvalue weighted by atomic mass is 10.5. The van der Waals surface area contributed by atoms with Gasteiger partial charge in [-0.05, 0) is 12.1 Å². The van der Waals surface area contributed by atoms with Gasteiger partial charge in [-0.1, -0.05) is 12.1 Å². The highest BCUT2D eigenvalue weighted by Crippen LogP contribution is 1.75. The van der Waals surface area contributed by atoms with Crippen LogP contribution in [0.2, 0.25) is 0 Å². The summed E-state index contributed by atoms with van der Waals surface area (Å²) in [6.07, 6.45) is 5.45. The van der Waals surface area contributed by atoms with Crippen LogP contribution in [0.5, 0.6) is 0 Å². The molecule has 0 aliphatic heterocycles. The summed E-state index contributed by atoms with van der Waals surface area (Å²) in [5, 5.41) is 0. The molecule has 2 nitrogen and oxygen atoms in total. The molecule has 1 aromatic heterocycles. The Morgan fingerprint density at radius 3 is 3.00 bits per heavy atom. The monoisotopic (exact) mass is 120 g/mol. The normalized spacial score (nSPS) is 8.00.